The minimum atomic E-state index is -0.461. The van der Waals surface area contributed by atoms with Crippen LogP contribution in [0, 0.1) is 13.8 Å². The zero-order chi connectivity index (χ0) is 19.0. The average Bonchev–Trinajstić information content (AvgIpc) is 3.38. The van der Waals surface area contributed by atoms with Gasteiger partial charge in [-0.2, -0.15) is 9.36 Å². The summed E-state index contributed by atoms with van der Waals surface area (Å²) in [6.07, 6.45) is 0. The van der Waals surface area contributed by atoms with E-state index in [0.29, 0.717) is 10.1 Å². The first-order chi connectivity index (χ1) is 13.0. The number of tetrazole rings is 1. The van der Waals surface area contributed by atoms with Crippen molar-refractivity contribution < 1.29 is 4.79 Å². The zero-order valence-electron chi connectivity index (χ0n) is 14.4. The average molecular weight is 419 g/mol. The van der Waals surface area contributed by atoms with Crippen molar-refractivity contribution in [2.45, 2.75) is 20.4 Å². The highest BCUT2D eigenvalue weighted by Gasteiger charge is 2.15. The van der Waals surface area contributed by atoms with Gasteiger partial charge in [-0.3, -0.25) is 4.79 Å². The van der Waals surface area contributed by atoms with Crippen LogP contribution in [0.4, 0.5) is 5.13 Å². The molecule has 0 fully saturated rings. The fourth-order valence-electron chi connectivity index (χ4n) is 2.54. The number of thiophene rings is 2. The molecule has 8 nitrogen and oxygen atoms in total. The van der Waals surface area contributed by atoms with Crippen LogP contribution in [0.5, 0.6) is 0 Å². The SMILES string of the molecule is Cc1cc(-c2csc(NC(=O)Cn3nnn(-c4cccs4)c3=O)n2)c(C)s1. The Hall–Kier alpha value is -2.63. The van der Waals surface area contributed by atoms with Crippen LogP contribution in [0.1, 0.15) is 9.75 Å². The Morgan fingerprint density at radius 3 is 2.81 bits per heavy atom. The van der Waals surface area contributed by atoms with E-state index >= 15 is 0 Å². The minimum Gasteiger partial charge on any atom is -0.300 e. The number of rotatable bonds is 5. The van der Waals surface area contributed by atoms with Gasteiger partial charge in [0, 0.05) is 20.7 Å². The number of nitrogens with one attached hydrogen (secondary N) is 1. The summed E-state index contributed by atoms with van der Waals surface area (Å²) in [4.78, 5) is 31.4. The number of aromatic nitrogens is 5. The molecule has 0 bridgehead atoms. The van der Waals surface area contributed by atoms with E-state index in [4.69, 9.17) is 0 Å². The van der Waals surface area contributed by atoms with Crippen molar-refractivity contribution in [1.82, 2.24) is 24.8 Å². The molecule has 0 aliphatic carbocycles. The predicted molar refractivity (Wildman–Crippen MR) is 107 cm³/mol. The Morgan fingerprint density at radius 2 is 2.11 bits per heavy atom. The third kappa shape index (κ3) is 3.61. The third-order valence-corrected chi connectivity index (χ3v) is 6.28. The van der Waals surface area contributed by atoms with E-state index in [0.717, 1.165) is 15.9 Å². The molecule has 0 radical (unpaired) electrons. The van der Waals surface area contributed by atoms with Crippen LogP contribution < -0.4 is 11.0 Å². The molecular weight excluding hydrogens is 404 g/mol. The molecule has 0 spiro atoms. The molecule has 0 aromatic carbocycles. The number of nitrogens with zero attached hydrogens (tertiary/aromatic N) is 5. The topological polar surface area (TPSA) is 94.7 Å². The van der Waals surface area contributed by atoms with Gasteiger partial charge >= 0.3 is 5.69 Å². The number of carbonyl (C=O) groups excluding carboxylic acids is 1. The van der Waals surface area contributed by atoms with Gasteiger partial charge in [-0.15, -0.1) is 34.0 Å². The number of aryl methyl sites for hydroxylation is 2. The molecule has 4 aromatic rings. The zero-order valence-corrected chi connectivity index (χ0v) is 16.8. The Bertz CT molecular complexity index is 1150. The molecule has 4 aromatic heterocycles. The summed E-state index contributed by atoms with van der Waals surface area (Å²) in [5, 5.41) is 15.2. The van der Waals surface area contributed by atoms with Crippen molar-refractivity contribution in [3.8, 4) is 16.3 Å². The van der Waals surface area contributed by atoms with Crippen LogP contribution in [-0.4, -0.2) is 30.7 Å². The Labute approximate surface area is 165 Å². The van der Waals surface area contributed by atoms with Crippen LogP contribution >= 0.6 is 34.0 Å². The van der Waals surface area contributed by atoms with Crippen LogP contribution in [0.3, 0.4) is 0 Å². The van der Waals surface area contributed by atoms with Gasteiger partial charge in [-0.25, -0.2) is 9.78 Å². The Kier molecular flexibility index (Phi) is 4.72. The Morgan fingerprint density at radius 1 is 1.26 bits per heavy atom. The predicted octanol–water partition coefficient (Wildman–Crippen LogP) is 2.93. The van der Waals surface area contributed by atoms with Crippen molar-refractivity contribution in [2.24, 2.45) is 0 Å². The van der Waals surface area contributed by atoms with E-state index in [9.17, 15) is 9.59 Å². The molecular formula is C16H14N6O2S3. The van der Waals surface area contributed by atoms with Gasteiger partial charge in [-0.05, 0) is 47.9 Å². The molecule has 4 heterocycles. The van der Waals surface area contributed by atoms with Gasteiger partial charge in [0.05, 0.1) is 5.69 Å². The molecule has 1 amide bonds. The van der Waals surface area contributed by atoms with Gasteiger partial charge in [0.2, 0.25) is 5.91 Å². The lowest BCUT2D eigenvalue weighted by Crippen LogP contribution is -2.29. The fraction of sp³-hybridized carbons (Fsp3) is 0.188. The second-order valence-corrected chi connectivity index (χ2v) is 8.94. The molecule has 0 aliphatic rings. The van der Waals surface area contributed by atoms with Crippen molar-refractivity contribution in [3.05, 3.63) is 49.2 Å². The molecule has 0 saturated carbocycles. The summed E-state index contributed by atoms with van der Waals surface area (Å²) in [6.45, 7) is 3.88. The van der Waals surface area contributed by atoms with Crippen LogP contribution in [0.2, 0.25) is 0 Å². The molecule has 11 heteroatoms. The highest BCUT2D eigenvalue weighted by molar-refractivity contribution is 7.14. The minimum absolute atomic E-state index is 0.226. The molecule has 0 saturated heterocycles. The largest absolute Gasteiger partial charge is 0.369 e. The lowest BCUT2D eigenvalue weighted by Gasteiger charge is -2.00. The van der Waals surface area contributed by atoms with E-state index in [2.05, 4.69) is 33.7 Å². The van der Waals surface area contributed by atoms with Crippen LogP contribution in [0.15, 0.2) is 33.8 Å². The molecule has 0 atom stereocenters. The molecule has 1 N–H and O–H groups in total. The van der Waals surface area contributed by atoms with E-state index in [1.54, 1.807) is 17.4 Å². The number of hydrogen-bond donors (Lipinski definition) is 1. The van der Waals surface area contributed by atoms with E-state index in [-0.39, 0.29) is 12.5 Å². The highest BCUT2D eigenvalue weighted by Crippen LogP contribution is 2.32. The van der Waals surface area contributed by atoms with Crippen molar-refractivity contribution in [2.75, 3.05) is 5.32 Å². The number of thiazole rings is 1. The monoisotopic (exact) mass is 418 g/mol. The lowest BCUT2D eigenvalue weighted by molar-refractivity contribution is -0.117. The summed E-state index contributed by atoms with van der Waals surface area (Å²) in [5.74, 6) is -0.380. The van der Waals surface area contributed by atoms with Gasteiger partial charge in [0.15, 0.2) is 5.13 Å². The first kappa shape index (κ1) is 17.8. The third-order valence-electron chi connectivity index (χ3n) is 3.72. The van der Waals surface area contributed by atoms with Gasteiger partial charge in [-0.1, -0.05) is 0 Å². The Balaban J connectivity index is 1.46. The van der Waals surface area contributed by atoms with E-state index in [1.807, 2.05) is 23.8 Å². The smallest absolute Gasteiger partial charge is 0.300 e. The normalized spacial score (nSPS) is 11.0. The van der Waals surface area contributed by atoms with Gasteiger partial charge in [0.25, 0.3) is 0 Å². The summed E-state index contributed by atoms with van der Waals surface area (Å²) in [6, 6.07) is 5.66. The summed E-state index contributed by atoms with van der Waals surface area (Å²) in [5.41, 5.74) is 1.44. The van der Waals surface area contributed by atoms with Crippen molar-refractivity contribution >= 4 is 45.0 Å². The fourth-order valence-corrected chi connectivity index (χ4v) is 4.87. The van der Waals surface area contributed by atoms with Gasteiger partial charge < -0.3 is 5.32 Å². The number of anilines is 1. The maximum Gasteiger partial charge on any atom is 0.369 e. The van der Waals surface area contributed by atoms with Crippen molar-refractivity contribution in [1.29, 1.82) is 0 Å². The molecule has 0 aliphatic heterocycles. The number of carbonyl (C=O) groups is 1. The summed E-state index contributed by atoms with van der Waals surface area (Å²) < 4.78 is 2.19. The van der Waals surface area contributed by atoms with E-state index in [1.165, 1.54) is 37.1 Å². The second-order valence-electron chi connectivity index (χ2n) is 5.70. The second kappa shape index (κ2) is 7.18. The maximum atomic E-state index is 12.3. The highest BCUT2D eigenvalue weighted by atomic mass is 32.1. The first-order valence-electron chi connectivity index (χ1n) is 7.91. The van der Waals surface area contributed by atoms with Crippen LogP contribution in [0.25, 0.3) is 16.3 Å². The van der Waals surface area contributed by atoms with Crippen molar-refractivity contribution in [3.63, 3.8) is 0 Å². The number of hydrogen-bond acceptors (Lipinski definition) is 8. The maximum absolute atomic E-state index is 12.3. The van der Waals surface area contributed by atoms with Crippen LogP contribution in [-0.2, 0) is 11.3 Å². The molecule has 27 heavy (non-hydrogen) atoms. The molecule has 0 unspecified atom stereocenters. The standard InChI is InChI=1S/C16H14N6O2S3/c1-9-6-11(10(2)27-9)12-8-26-15(17-12)18-13(23)7-21-16(24)22(20-19-21)14-4-3-5-25-14/h3-6,8H,7H2,1-2H3,(H,17,18,23). The quantitative estimate of drug-likeness (QED) is 0.538. The number of amides is 1. The van der Waals surface area contributed by atoms with E-state index < -0.39 is 5.69 Å². The lowest BCUT2D eigenvalue weighted by atomic mass is 10.2. The molecule has 138 valence electrons. The first-order valence-corrected chi connectivity index (χ1v) is 10.5. The molecule has 4 rings (SSSR count). The van der Waals surface area contributed by atoms with Gasteiger partial charge in [0.1, 0.15) is 11.5 Å². The summed E-state index contributed by atoms with van der Waals surface area (Å²) in [7, 11) is 0. The summed E-state index contributed by atoms with van der Waals surface area (Å²) >= 11 is 4.43.